The van der Waals surface area contributed by atoms with Crippen LogP contribution in [0.15, 0.2) is 90.1 Å². The smallest absolute Gasteiger partial charge is 0.550 e. The molecule has 0 saturated carbocycles. The SMILES string of the molecule is COc1ccc(-c2ccc(Cn3c(CC(C)(C)C(=O)[O-])c(SC(C)(C)C)c4cc(OCc5ccccn5)ccc43)cc2)cn1.O.[Na+]. The number of carbonyl (C=O) groups excluding carboxylic acids is 1. The molecule has 0 amide bonds. The summed E-state index contributed by atoms with van der Waals surface area (Å²) in [4.78, 5) is 22.0. The van der Waals surface area contributed by atoms with Gasteiger partial charge in [-0.2, -0.15) is 0 Å². The fraction of sp³-hybridized carbons (Fsp3) is 0.306. The molecule has 236 valence electrons. The van der Waals surface area contributed by atoms with Crippen molar-refractivity contribution in [2.45, 2.75) is 63.8 Å². The average molecular weight is 650 g/mol. The number of hydrogen-bond donors (Lipinski definition) is 0. The van der Waals surface area contributed by atoms with E-state index < -0.39 is 11.4 Å². The number of fused-ring (bicyclic) bond motifs is 1. The van der Waals surface area contributed by atoms with E-state index in [9.17, 15) is 9.90 Å². The molecule has 0 spiro atoms. The Hall–Kier alpha value is -3.34. The van der Waals surface area contributed by atoms with Crippen molar-refractivity contribution >= 4 is 28.6 Å². The number of hydrogen-bond acceptors (Lipinski definition) is 7. The number of thioether (sulfide) groups is 1. The van der Waals surface area contributed by atoms with Crippen LogP contribution in [0.4, 0.5) is 0 Å². The van der Waals surface area contributed by atoms with Crippen LogP contribution in [0.25, 0.3) is 22.0 Å². The average Bonchev–Trinajstić information content (AvgIpc) is 3.26. The third kappa shape index (κ3) is 8.92. The summed E-state index contributed by atoms with van der Waals surface area (Å²) in [5, 5.41) is 13.3. The largest absolute Gasteiger partial charge is 1.00 e. The van der Waals surface area contributed by atoms with Gasteiger partial charge in [-0.25, -0.2) is 4.98 Å². The number of aromatic nitrogens is 3. The van der Waals surface area contributed by atoms with Crippen molar-refractivity contribution in [3.05, 3.63) is 102 Å². The number of nitrogens with zero attached hydrogens (tertiary/aromatic N) is 3. The summed E-state index contributed by atoms with van der Waals surface area (Å²) in [6, 6.07) is 24.1. The molecule has 0 bridgehead atoms. The Balaban J connectivity index is 0.00000288. The Morgan fingerprint density at radius 2 is 1.65 bits per heavy atom. The van der Waals surface area contributed by atoms with Gasteiger partial charge in [0, 0.05) is 68.2 Å². The summed E-state index contributed by atoms with van der Waals surface area (Å²) >= 11 is 1.75. The molecule has 0 aliphatic heterocycles. The van der Waals surface area contributed by atoms with Gasteiger partial charge in [-0.1, -0.05) is 65.0 Å². The number of carbonyl (C=O) groups is 1. The van der Waals surface area contributed by atoms with Gasteiger partial charge in [-0.3, -0.25) is 4.98 Å². The number of rotatable bonds is 11. The standard InChI is InChI=1S/C36H39N3O4S.Na.H2O/c1-35(2,3)44-33-29-19-28(43-23-27-9-7-8-18-37-27)15-16-30(29)39(31(33)20-36(4,5)34(40)41)22-24-10-12-25(13-11-24)26-14-17-32(42-6)38-21-26;;/h7-19,21H,20,22-23H2,1-6H3,(H,40,41);;1H2/q;+1;/p-1. The van der Waals surface area contributed by atoms with Crippen LogP contribution in [0.1, 0.15) is 51.6 Å². The van der Waals surface area contributed by atoms with Crippen molar-refractivity contribution in [3.63, 3.8) is 0 Å². The van der Waals surface area contributed by atoms with Gasteiger partial charge in [0.2, 0.25) is 5.88 Å². The normalized spacial score (nSPS) is 11.4. The molecule has 5 rings (SSSR count). The molecule has 46 heavy (non-hydrogen) atoms. The minimum absolute atomic E-state index is 0. The molecule has 8 nitrogen and oxygen atoms in total. The molecule has 2 aromatic carbocycles. The second-order valence-corrected chi connectivity index (χ2v) is 14.3. The van der Waals surface area contributed by atoms with Crippen molar-refractivity contribution in [1.29, 1.82) is 0 Å². The summed E-state index contributed by atoms with van der Waals surface area (Å²) < 4.78 is 13.5. The minimum atomic E-state index is -1.07. The van der Waals surface area contributed by atoms with Crippen molar-refractivity contribution in [2.75, 3.05) is 7.11 Å². The molecular weight excluding hydrogens is 609 g/mol. The first kappa shape index (κ1) is 37.1. The predicted octanol–water partition coefficient (Wildman–Crippen LogP) is 3.12. The molecule has 0 aliphatic rings. The van der Waals surface area contributed by atoms with Crippen LogP contribution in [0.2, 0.25) is 0 Å². The van der Waals surface area contributed by atoms with E-state index in [0.717, 1.165) is 49.6 Å². The van der Waals surface area contributed by atoms with Gasteiger partial charge in [0.25, 0.3) is 0 Å². The van der Waals surface area contributed by atoms with Crippen LogP contribution >= 0.6 is 11.8 Å². The molecule has 0 radical (unpaired) electrons. The summed E-state index contributed by atoms with van der Waals surface area (Å²) in [6.45, 7) is 10.9. The van der Waals surface area contributed by atoms with E-state index in [0.29, 0.717) is 25.5 Å². The van der Waals surface area contributed by atoms with Crippen LogP contribution in [0, 0.1) is 5.41 Å². The summed E-state index contributed by atoms with van der Waals surface area (Å²) in [7, 11) is 1.60. The molecule has 0 aliphatic carbocycles. The Morgan fingerprint density at radius 3 is 2.24 bits per heavy atom. The monoisotopic (exact) mass is 649 g/mol. The summed E-state index contributed by atoms with van der Waals surface area (Å²) in [5.41, 5.74) is 4.93. The number of carboxylic acids is 1. The van der Waals surface area contributed by atoms with Gasteiger partial charge in [-0.05, 0) is 53.9 Å². The molecule has 5 aromatic rings. The first-order valence-electron chi connectivity index (χ1n) is 14.6. The zero-order valence-electron chi connectivity index (χ0n) is 27.6. The Kier molecular flexibility index (Phi) is 12.5. The van der Waals surface area contributed by atoms with Gasteiger partial charge in [0.15, 0.2) is 0 Å². The van der Waals surface area contributed by atoms with E-state index >= 15 is 0 Å². The molecule has 0 unspecified atom stereocenters. The Bertz CT molecular complexity index is 1750. The number of pyridine rings is 2. The Morgan fingerprint density at radius 1 is 0.935 bits per heavy atom. The van der Waals surface area contributed by atoms with Crippen LogP contribution in [-0.4, -0.2) is 37.8 Å². The predicted molar refractivity (Wildman–Crippen MR) is 178 cm³/mol. The van der Waals surface area contributed by atoms with Crippen LogP contribution in [0.5, 0.6) is 11.6 Å². The molecule has 3 aromatic heterocycles. The number of ether oxygens (including phenoxy) is 2. The van der Waals surface area contributed by atoms with Crippen molar-refractivity contribution < 1.29 is 54.4 Å². The second kappa shape index (κ2) is 15.5. The number of benzene rings is 2. The van der Waals surface area contributed by atoms with E-state index in [1.807, 2.05) is 36.4 Å². The molecule has 2 N–H and O–H groups in total. The van der Waals surface area contributed by atoms with Crippen LogP contribution in [0.3, 0.4) is 0 Å². The maximum Gasteiger partial charge on any atom is 1.00 e. The van der Waals surface area contributed by atoms with E-state index in [1.54, 1.807) is 45.1 Å². The Labute approximate surface area is 297 Å². The zero-order valence-corrected chi connectivity index (χ0v) is 30.4. The molecule has 3 heterocycles. The quantitative estimate of drug-likeness (QED) is 0.159. The minimum Gasteiger partial charge on any atom is -0.550 e. The third-order valence-corrected chi connectivity index (χ3v) is 8.62. The van der Waals surface area contributed by atoms with E-state index in [4.69, 9.17) is 9.47 Å². The van der Waals surface area contributed by atoms with Gasteiger partial charge in [0.05, 0.1) is 12.8 Å². The summed E-state index contributed by atoms with van der Waals surface area (Å²) in [6.07, 6.45) is 3.88. The number of aliphatic carboxylic acids is 1. The van der Waals surface area contributed by atoms with Crippen LogP contribution in [-0.2, 0) is 24.4 Å². The number of methoxy groups -OCH3 is 1. The maximum atomic E-state index is 12.2. The van der Waals surface area contributed by atoms with Crippen molar-refractivity contribution in [3.8, 4) is 22.8 Å². The first-order chi connectivity index (χ1) is 20.9. The third-order valence-electron chi connectivity index (χ3n) is 7.35. The first-order valence-corrected chi connectivity index (χ1v) is 15.4. The molecule has 0 saturated heterocycles. The second-order valence-electron chi connectivity index (χ2n) is 12.5. The van der Waals surface area contributed by atoms with Crippen molar-refractivity contribution in [2.24, 2.45) is 5.41 Å². The fourth-order valence-electron chi connectivity index (χ4n) is 5.01. The van der Waals surface area contributed by atoms with Crippen LogP contribution < -0.4 is 44.1 Å². The van der Waals surface area contributed by atoms with Gasteiger partial charge < -0.3 is 29.4 Å². The molecular formula is C36H40N3NaO5S. The van der Waals surface area contributed by atoms with E-state index in [2.05, 4.69) is 71.7 Å². The van der Waals surface area contributed by atoms with Crippen molar-refractivity contribution in [1.82, 2.24) is 14.5 Å². The van der Waals surface area contributed by atoms with E-state index in [1.165, 1.54) is 0 Å². The van der Waals surface area contributed by atoms with Gasteiger partial charge >= 0.3 is 29.6 Å². The molecule has 0 fully saturated rings. The molecule has 0 atom stereocenters. The molecule has 10 heteroatoms. The van der Waals surface area contributed by atoms with Gasteiger partial charge in [0.1, 0.15) is 12.4 Å². The maximum absolute atomic E-state index is 12.2. The summed E-state index contributed by atoms with van der Waals surface area (Å²) in [5.74, 6) is 0.239. The zero-order chi connectivity index (χ0) is 31.5. The van der Waals surface area contributed by atoms with Gasteiger partial charge in [-0.15, -0.1) is 11.8 Å². The fourth-order valence-corrected chi connectivity index (χ4v) is 6.20. The topological polar surface area (TPSA) is 121 Å². The van der Waals surface area contributed by atoms with E-state index in [-0.39, 0.29) is 39.8 Å². The number of carboxylic acid groups (broad SMARTS) is 1.